The zero-order valence-corrected chi connectivity index (χ0v) is 12.9. The van der Waals surface area contributed by atoms with Crippen LogP contribution in [0, 0.1) is 0 Å². The fraction of sp³-hybridized carbons (Fsp3) is 0.125. The van der Waals surface area contributed by atoms with Crippen LogP contribution in [-0.2, 0) is 4.79 Å². The molecule has 25 heavy (non-hydrogen) atoms. The summed E-state index contributed by atoms with van der Waals surface area (Å²) >= 11 is 0. The number of carbonyl (C=O) groups excluding carboxylic acids is 2. The molecule has 2 rings (SSSR count). The minimum Gasteiger partial charge on any atom is -0.457 e. The molecular weight excluding hydrogens is 324 g/mol. The number of rotatable bonds is 8. The average molecular weight is 336 g/mol. The molecular formula is C16H12N6O3. The quantitative estimate of drug-likeness (QED) is 0.230. The van der Waals surface area contributed by atoms with Gasteiger partial charge in [0.15, 0.2) is 5.78 Å². The van der Waals surface area contributed by atoms with Crippen molar-refractivity contribution in [2.24, 2.45) is 10.2 Å². The first-order chi connectivity index (χ1) is 12.2. The number of ether oxygens (including phenoxy) is 1. The maximum absolute atomic E-state index is 11.7. The Kier molecular flexibility index (Phi) is 6.13. The molecule has 0 fully saturated rings. The molecule has 1 atom stereocenters. The van der Waals surface area contributed by atoms with Gasteiger partial charge in [-0.15, -0.1) is 0 Å². The van der Waals surface area contributed by atoms with Crippen molar-refractivity contribution in [3.8, 4) is 11.5 Å². The molecule has 0 aliphatic carbocycles. The maximum atomic E-state index is 11.7. The van der Waals surface area contributed by atoms with Crippen LogP contribution < -0.4 is 4.74 Å². The highest BCUT2D eigenvalue weighted by Gasteiger charge is 2.10. The molecule has 9 heteroatoms. The molecule has 2 aromatic carbocycles. The number of nitrogens with zero attached hydrogens (tertiary/aromatic N) is 6. The molecule has 0 heterocycles. The van der Waals surface area contributed by atoms with E-state index in [-0.39, 0.29) is 12.3 Å². The van der Waals surface area contributed by atoms with E-state index in [1.54, 1.807) is 48.5 Å². The smallest absolute Gasteiger partial charge is 0.168 e. The van der Waals surface area contributed by atoms with Gasteiger partial charge >= 0.3 is 0 Å². The fourth-order valence-electron chi connectivity index (χ4n) is 2.02. The predicted molar refractivity (Wildman–Crippen MR) is 89.3 cm³/mol. The van der Waals surface area contributed by atoms with Crippen LogP contribution in [0.5, 0.6) is 11.5 Å². The van der Waals surface area contributed by atoms with Gasteiger partial charge in [0.1, 0.15) is 23.8 Å². The molecule has 0 amide bonds. The number of benzene rings is 2. The molecule has 0 aromatic heterocycles. The third-order valence-corrected chi connectivity index (χ3v) is 3.19. The summed E-state index contributed by atoms with van der Waals surface area (Å²) in [5, 5.41) is 6.63. The van der Waals surface area contributed by atoms with Gasteiger partial charge in [-0.2, -0.15) is 0 Å². The summed E-state index contributed by atoms with van der Waals surface area (Å²) in [4.78, 5) is 27.9. The molecule has 0 bridgehead atoms. The highest BCUT2D eigenvalue weighted by molar-refractivity contribution is 5.97. The first-order valence-corrected chi connectivity index (χ1v) is 7.09. The summed E-state index contributed by atoms with van der Waals surface area (Å²) in [6.07, 6.45) is 0.545. The van der Waals surface area contributed by atoms with Gasteiger partial charge in [-0.25, -0.2) is 0 Å². The van der Waals surface area contributed by atoms with Crippen molar-refractivity contribution in [1.82, 2.24) is 0 Å². The van der Waals surface area contributed by atoms with Gasteiger partial charge < -0.3 is 9.53 Å². The third kappa shape index (κ3) is 4.84. The van der Waals surface area contributed by atoms with E-state index in [1.165, 1.54) is 0 Å². The number of hydrogen-bond acceptors (Lipinski definition) is 5. The molecule has 0 N–H and O–H groups in total. The van der Waals surface area contributed by atoms with Gasteiger partial charge in [0.25, 0.3) is 0 Å². The van der Waals surface area contributed by atoms with Gasteiger partial charge in [0.05, 0.1) is 6.54 Å². The number of hydrogen-bond donors (Lipinski definition) is 0. The minimum atomic E-state index is -0.922. The van der Waals surface area contributed by atoms with Crippen molar-refractivity contribution in [2.45, 2.75) is 6.04 Å². The van der Waals surface area contributed by atoms with Crippen LogP contribution in [0.4, 0.5) is 0 Å². The van der Waals surface area contributed by atoms with Crippen LogP contribution >= 0.6 is 0 Å². The Balaban J connectivity index is 2.14. The molecule has 0 saturated heterocycles. The van der Waals surface area contributed by atoms with E-state index in [1.807, 2.05) is 0 Å². The van der Waals surface area contributed by atoms with Crippen molar-refractivity contribution in [2.75, 3.05) is 6.54 Å². The molecule has 0 saturated carbocycles. The Morgan fingerprint density at radius 3 is 2.52 bits per heavy atom. The molecule has 0 aliphatic rings. The fourth-order valence-corrected chi connectivity index (χ4v) is 2.02. The van der Waals surface area contributed by atoms with Gasteiger partial charge in [0.2, 0.25) is 0 Å². The van der Waals surface area contributed by atoms with E-state index in [4.69, 9.17) is 15.8 Å². The summed E-state index contributed by atoms with van der Waals surface area (Å²) < 4.78 is 5.66. The van der Waals surface area contributed by atoms with Crippen LogP contribution in [0.2, 0.25) is 0 Å². The largest absolute Gasteiger partial charge is 0.457 e. The van der Waals surface area contributed by atoms with Crippen molar-refractivity contribution in [1.29, 1.82) is 0 Å². The number of carbonyl (C=O) groups is 2. The zero-order chi connectivity index (χ0) is 18.1. The molecule has 1 unspecified atom stereocenters. The maximum Gasteiger partial charge on any atom is 0.168 e. The second-order valence-electron chi connectivity index (χ2n) is 4.80. The van der Waals surface area contributed by atoms with Crippen molar-refractivity contribution >= 4 is 12.1 Å². The lowest BCUT2D eigenvalue weighted by atomic mass is 10.1. The average Bonchev–Trinajstić information content (AvgIpc) is 2.65. The number of ketones is 1. The van der Waals surface area contributed by atoms with Gasteiger partial charge in [0, 0.05) is 15.4 Å². The van der Waals surface area contributed by atoms with Gasteiger partial charge in [-0.05, 0) is 53.0 Å². The van der Waals surface area contributed by atoms with Crippen LogP contribution in [0.25, 0.3) is 20.9 Å². The summed E-state index contributed by atoms with van der Waals surface area (Å²) in [7, 11) is 0. The Bertz CT molecular complexity index is 868. The van der Waals surface area contributed by atoms with Crippen LogP contribution in [0.1, 0.15) is 22.0 Å². The van der Waals surface area contributed by atoms with Gasteiger partial charge in [-0.3, -0.25) is 4.79 Å². The van der Waals surface area contributed by atoms with E-state index in [0.717, 1.165) is 0 Å². The van der Waals surface area contributed by atoms with Crippen LogP contribution in [0.15, 0.2) is 58.8 Å². The van der Waals surface area contributed by atoms with E-state index in [9.17, 15) is 9.59 Å². The SMILES string of the molecule is [N-]=[N+]=NCC(=O)c1ccc(Oc2cccc(C(C=O)N=[N+]=[N-])c2)cc1. The lowest BCUT2D eigenvalue weighted by Crippen LogP contribution is -2.02. The third-order valence-electron chi connectivity index (χ3n) is 3.19. The molecule has 0 aliphatic heterocycles. The van der Waals surface area contributed by atoms with Crippen molar-refractivity contribution in [3.05, 3.63) is 80.5 Å². The molecule has 0 spiro atoms. The Morgan fingerprint density at radius 2 is 1.88 bits per heavy atom. The Morgan fingerprint density at radius 1 is 1.12 bits per heavy atom. The van der Waals surface area contributed by atoms with Crippen molar-refractivity contribution in [3.63, 3.8) is 0 Å². The van der Waals surface area contributed by atoms with E-state index in [2.05, 4.69) is 20.1 Å². The highest BCUT2D eigenvalue weighted by Crippen LogP contribution is 2.26. The van der Waals surface area contributed by atoms with Crippen molar-refractivity contribution < 1.29 is 14.3 Å². The van der Waals surface area contributed by atoms with Gasteiger partial charge in [-0.1, -0.05) is 22.4 Å². The second-order valence-corrected chi connectivity index (χ2v) is 4.80. The number of aldehydes is 1. The first kappa shape index (κ1) is 17.6. The summed E-state index contributed by atoms with van der Waals surface area (Å²) in [6.45, 7) is -0.245. The molecule has 2 aromatic rings. The number of Topliss-reactive ketones (excluding diaryl/α,β-unsaturated/α-hetero) is 1. The standard InChI is InChI=1S/C16H12N6O3/c17-21-19-9-16(24)11-4-6-13(7-5-11)25-14-3-1-2-12(8-14)15(10-23)20-22-18/h1-8,10,15H,9H2. The molecule has 9 nitrogen and oxygen atoms in total. The van der Waals surface area contributed by atoms with Crippen LogP contribution in [-0.4, -0.2) is 18.6 Å². The van der Waals surface area contributed by atoms with E-state index >= 15 is 0 Å². The Labute approximate surface area is 142 Å². The first-order valence-electron chi connectivity index (χ1n) is 7.09. The second kappa shape index (κ2) is 8.73. The monoisotopic (exact) mass is 336 g/mol. The lowest BCUT2D eigenvalue weighted by molar-refractivity contribution is -0.108. The summed E-state index contributed by atoms with van der Waals surface area (Å²) in [5.74, 6) is 0.629. The molecule has 124 valence electrons. The van der Waals surface area contributed by atoms with E-state index < -0.39 is 6.04 Å². The van der Waals surface area contributed by atoms with Crippen LogP contribution in [0.3, 0.4) is 0 Å². The predicted octanol–water partition coefficient (Wildman–Crippen LogP) is 4.52. The lowest BCUT2D eigenvalue weighted by Gasteiger charge is -2.09. The normalized spacial score (nSPS) is 10.7. The Hall–Kier alpha value is -3.80. The zero-order valence-electron chi connectivity index (χ0n) is 12.9. The topological polar surface area (TPSA) is 141 Å². The summed E-state index contributed by atoms with van der Waals surface area (Å²) in [6, 6.07) is 12.0. The van der Waals surface area contributed by atoms with E-state index in [0.29, 0.717) is 28.9 Å². The highest BCUT2D eigenvalue weighted by atomic mass is 16.5. The number of azide groups is 2. The summed E-state index contributed by atoms with van der Waals surface area (Å²) in [5.41, 5.74) is 17.6. The molecule has 0 radical (unpaired) electrons. The minimum absolute atomic E-state index is 0.245.